The minimum absolute atomic E-state index is 0.228. The van der Waals surface area contributed by atoms with Gasteiger partial charge in [-0.2, -0.15) is 0 Å². The van der Waals surface area contributed by atoms with Crippen LogP contribution in [-0.4, -0.2) is 29.6 Å². The number of hydrogen-bond acceptors (Lipinski definition) is 3. The number of carbonyl (C=O) groups is 2. The maximum Gasteiger partial charge on any atom is 0.326 e. The molecule has 0 fully saturated rings. The lowest BCUT2D eigenvalue weighted by molar-refractivity contribution is -0.142. The number of nitrogens with one attached hydrogen (secondary N) is 1. The fourth-order valence-corrected chi connectivity index (χ4v) is 1.92. The summed E-state index contributed by atoms with van der Waals surface area (Å²) in [4.78, 5) is 22.8. The Kier molecular flexibility index (Phi) is 7.35. The van der Waals surface area contributed by atoms with E-state index in [0.717, 1.165) is 12.0 Å². The van der Waals surface area contributed by atoms with Crippen LogP contribution in [0.4, 0.5) is 0 Å². The van der Waals surface area contributed by atoms with Gasteiger partial charge in [0.2, 0.25) is 5.91 Å². The zero-order valence-corrected chi connectivity index (χ0v) is 11.5. The van der Waals surface area contributed by atoms with Gasteiger partial charge in [0.1, 0.15) is 6.04 Å². The lowest BCUT2D eigenvalue weighted by Crippen LogP contribution is -2.40. The van der Waals surface area contributed by atoms with Crippen LogP contribution in [0.3, 0.4) is 0 Å². The number of amides is 1. The summed E-state index contributed by atoms with van der Waals surface area (Å²) in [5.41, 5.74) is 6.44. The van der Waals surface area contributed by atoms with Gasteiger partial charge in [0.25, 0.3) is 0 Å². The van der Waals surface area contributed by atoms with Crippen molar-refractivity contribution in [2.45, 2.75) is 38.1 Å². The lowest BCUT2D eigenvalue weighted by atomic mass is 10.1. The molecular weight excluding hydrogens is 256 g/mol. The molecule has 0 aliphatic heterocycles. The van der Waals surface area contributed by atoms with Crippen molar-refractivity contribution in [1.29, 1.82) is 0 Å². The molecule has 0 aliphatic carbocycles. The van der Waals surface area contributed by atoms with Gasteiger partial charge in [-0.3, -0.25) is 4.79 Å². The summed E-state index contributed by atoms with van der Waals surface area (Å²) in [6.07, 6.45) is 2.80. The molecule has 1 atom stereocenters. The Balaban J connectivity index is 2.36. The molecule has 0 saturated carbocycles. The van der Waals surface area contributed by atoms with Crippen molar-refractivity contribution in [3.8, 4) is 0 Å². The van der Waals surface area contributed by atoms with E-state index in [1.807, 2.05) is 30.3 Å². The monoisotopic (exact) mass is 278 g/mol. The molecule has 0 aliphatic rings. The van der Waals surface area contributed by atoms with Crippen molar-refractivity contribution in [1.82, 2.24) is 5.32 Å². The Bertz CT molecular complexity index is 420. The highest BCUT2D eigenvalue weighted by molar-refractivity contribution is 5.83. The van der Waals surface area contributed by atoms with E-state index in [-0.39, 0.29) is 5.91 Å². The Labute approximate surface area is 119 Å². The fraction of sp³-hybridized carbons (Fsp3) is 0.467. The van der Waals surface area contributed by atoms with Crippen LogP contribution in [0.15, 0.2) is 30.3 Å². The number of nitrogens with two attached hydrogens (primary N) is 1. The lowest BCUT2D eigenvalue weighted by Gasteiger charge is -2.14. The molecule has 0 bridgehead atoms. The second-order valence-electron chi connectivity index (χ2n) is 4.73. The number of rotatable bonds is 9. The van der Waals surface area contributed by atoms with Crippen molar-refractivity contribution in [2.24, 2.45) is 5.73 Å². The van der Waals surface area contributed by atoms with Gasteiger partial charge in [-0.25, -0.2) is 4.79 Å². The van der Waals surface area contributed by atoms with Crippen LogP contribution in [-0.2, 0) is 16.0 Å². The van der Waals surface area contributed by atoms with Gasteiger partial charge in [-0.05, 0) is 37.8 Å². The topological polar surface area (TPSA) is 92.4 Å². The molecule has 1 aromatic rings. The van der Waals surface area contributed by atoms with Crippen molar-refractivity contribution in [2.75, 3.05) is 6.54 Å². The van der Waals surface area contributed by atoms with Gasteiger partial charge in [0.15, 0.2) is 0 Å². The molecule has 20 heavy (non-hydrogen) atoms. The molecule has 1 rings (SSSR count). The third kappa shape index (κ3) is 6.33. The zero-order valence-electron chi connectivity index (χ0n) is 11.5. The highest BCUT2D eigenvalue weighted by Gasteiger charge is 2.18. The number of carbonyl (C=O) groups excluding carboxylic acids is 1. The van der Waals surface area contributed by atoms with Gasteiger partial charge >= 0.3 is 5.97 Å². The first-order valence-corrected chi connectivity index (χ1v) is 6.89. The van der Waals surface area contributed by atoms with E-state index in [1.165, 1.54) is 0 Å². The van der Waals surface area contributed by atoms with E-state index >= 15 is 0 Å². The first-order valence-electron chi connectivity index (χ1n) is 6.89. The smallest absolute Gasteiger partial charge is 0.326 e. The van der Waals surface area contributed by atoms with E-state index in [9.17, 15) is 9.59 Å². The number of benzene rings is 1. The molecule has 0 spiro atoms. The van der Waals surface area contributed by atoms with Crippen molar-refractivity contribution in [3.05, 3.63) is 35.9 Å². The summed E-state index contributed by atoms with van der Waals surface area (Å²) in [5, 5.41) is 11.6. The number of aliphatic carboxylic acids is 1. The van der Waals surface area contributed by atoms with Crippen LogP contribution in [0.1, 0.15) is 31.2 Å². The summed E-state index contributed by atoms with van der Waals surface area (Å²) in [5.74, 6) is -1.22. The van der Waals surface area contributed by atoms with E-state index in [4.69, 9.17) is 10.8 Å². The number of carboxylic acids is 1. The third-order valence-corrected chi connectivity index (χ3v) is 3.06. The van der Waals surface area contributed by atoms with E-state index in [0.29, 0.717) is 32.2 Å². The van der Waals surface area contributed by atoms with E-state index in [2.05, 4.69) is 5.32 Å². The molecule has 5 heteroatoms. The van der Waals surface area contributed by atoms with Gasteiger partial charge in [0.05, 0.1) is 0 Å². The number of carboxylic acid groups (broad SMARTS) is 1. The Morgan fingerprint density at radius 3 is 2.50 bits per heavy atom. The quantitative estimate of drug-likeness (QED) is 0.594. The summed E-state index contributed by atoms with van der Waals surface area (Å²) in [6, 6.07) is 8.83. The number of hydrogen-bond donors (Lipinski definition) is 3. The fourth-order valence-electron chi connectivity index (χ4n) is 1.92. The summed E-state index contributed by atoms with van der Waals surface area (Å²) in [6.45, 7) is 0.536. The largest absolute Gasteiger partial charge is 0.480 e. The van der Waals surface area contributed by atoms with Crippen molar-refractivity contribution in [3.63, 3.8) is 0 Å². The average Bonchev–Trinajstić information content (AvgIpc) is 2.45. The van der Waals surface area contributed by atoms with Crippen LogP contribution in [0.5, 0.6) is 0 Å². The van der Waals surface area contributed by atoms with Gasteiger partial charge in [-0.15, -0.1) is 0 Å². The molecule has 1 aromatic carbocycles. The predicted molar refractivity (Wildman–Crippen MR) is 77.2 cm³/mol. The first-order chi connectivity index (χ1) is 9.63. The maximum absolute atomic E-state index is 11.8. The minimum Gasteiger partial charge on any atom is -0.480 e. The Morgan fingerprint density at radius 1 is 1.20 bits per heavy atom. The molecule has 110 valence electrons. The predicted octanol–water partition coefficient (Wildman–Crippen LogP) is 1.32. The van der Waals surface area contributed by atoms with Crippen LogP contribution in [0.25, 0.3) is 0 Å². The molecular formula is C15H22N2O3. The molecule has 1 amide bonds. The standard InChI is InChI=1S/C15H22N2O3/c16-11-5-4-8-13(15(19)20)17-14(18)10-9-12-6-2-1-3-7-12/h1-3,6-7,13H,4-5,8-11,16H2,(H,17,18)(H,19,20). The molecule has 0 aromatic heterocycles. The number of aryl methyl sites for hydroxylation is 1. The molecule has 4 N–H and O–H groups in total. The Morgan fingerprint density at radius 2 is 1.90 bits per heavy atom. The maximum atomic E-state index is 11.8. The van der Waals surface area contributed by atoms with Gasteiger partial charge < -0.3 is 16.2 Å². The van der Waals surface area contributed by atoms with Crippen molar-refractivity contribution < 1.29 is 14.7 Å². The first kappa shape index (κ1) is 16.2. The van der Waals surface area contributed by atoms with Crippen LogP contribution >= 0.6 is 0 Å². The second-order valence-corrected chi connectivity index (χ2v) is 4.73. The summed E-state index contributed by atoms with van der Waals surface area (Å²) in [7, 11) is 0. The molecule has 0 saturated heterocycles. The highest BCUT2D eigenvalue weighted by atomic mass is 16.4. The van der Waals surface area contributed by atoms with Crippen LogP contribution in [0.2, 0.25) is 0 Å². The van der Waals surface area contributed by atoms with E-state index < -0.39 is 12.0 Å². The normalized spacial score (nSPS) is 11.8. The SMILES string of the molecule is NCCCCC(NC(=O)CCc1ccccc1)C(=O)O. The average molecular weight is 278 g/mol. The molecule has 1 unspecified atom stereocenters. The summed E-state index contributed by atoms with van der Waals surface area (Å²) < 4.78 is 0. The van der Waals surface area contributed by atoms with Crippen LogP contribution < -0.4 is 11.1 Å². The molecule has 0 radical (unpaired) electrons. The number of unbranched alkanes of at least 4 members (excludes halogenated alkanes) is 1. The molecule has 0 heterocycles. The highest BCUT2D eigenvalue weighted by Crippen LogP contribution is 2.04. The third-order valence-electron chi connectivity index (χ3n) is 3.06. The minimum atomic E-state index is -0.991. The second kappa shape index (κ2) is 9.09. The van der Waals surface area contributed by atoms with Crippen LogP contribution in [0, 0.1) is 0 Å². The summed E-state index contributed by atoms with van der Waals surface area (Å²) >= 11 is 0. The Hall–Kier alpha value is -1.88. The van der Waals surface area contributed by atoms with Crippen molar-refractivity contribution >= 4 is 11.9 Å². The zero-order chi connectivity index (χ0) is 14.8. The van der Waals surface area contributed by atoms with E-state index in [1.54, 1.807) is 0 Å². The van der Waals surface area contributed by atoms with Gasteiger partial charge in [0, 0.05) is 6.42 Å². The van der Waals surface area contributed by atoms with Gasteiger partial charge in [-0.1, -0.05) is 30.3 Å². The molecule has 5 nitrogen and oxygen atoms in total.